The van der Waals surface area contributed by atoms with Crippen molar-refractivity contribution in [1.82, 2.24) is 9.88 Å². The summed E-state index contributed by atoms with van der Waals surface area (Å²) in [5.74, 6) is -1.30. The van der Waals surface area contributed by atoms with Gasteiger partial charge in [0.15, 0.2) is 0 Å². The van der Waals surface area contributed by atoms with Crippen LogP contribution in [0, 0.1) is 24.6 Å². The largest absolute Gasteiger partial charge is 0.382 e. The molecule has 1 aliphatic heterocycles. The van der Waals surface area contributed by atoms with E-state index in [4.69, 9.17) is 0 Å². The predicted molar refractivity (Wildman–Crippen MR) is 172 cm³/mol. The lowest BCUT2D eigenvalue weighted by atomic mass is 9.76. The number of anilines is 2. The maximum Gasteiger partial charge on any atom is 0.257 e. The zero-order valence-corrected chi connectivity index (χ0v) is 25.1. The number of benzene rings is 3. The fourth-order valence-corrected chi connectivity index (χ4v) is 7.93. The van der Waals surface area contributed by atoms with Crippen LogP contribution in [-0.4, -0.2) is 33.8 Å². The van der Waals surface area contributed by atoms with Gasteiger partial charge in [0, 0.05) is 35.0 Å². The van der Waals surface area contributed by atoms with E-state index in [0.29, 0.717) is 23.7 Å². The summed E-state index contributed by atoms with van der Waals surface area (Å²) < 4.78 is 15.3. The lowest BCUT2D eigenvalue weighted by Gasteiger charge is -2.48. The molecule has 4 atom stereocenters. The predicted octanol–water partition coefficient (Wildman–Crippen LogP) is 8.05. The summed E-state index contributed by atoms with van der Waals surface area (Å²) in [6.45, 7) is 1.78. The Morgan fingerprint density at radius 3 is 2.48 bits per heavy atom. The lowest BCUT2D eigenvalue weighted by Crippen LogP contribution is -2.54. The molecule has 6 nitrogen and oxygen atoms in total. The summed E-state index contributed by atoms with van der Waals surface area (Å²) >= 11 is 0. The third-order valence-electron chi connectivity index (χ3n) is 10.1. The smallest absolute Gasteiger partial charge is 0.257 e. The molecule has 3 aliphatic rings. The van der Waals surface area contributed by atoms with Gasteiger partial charge in [-0.1, -0.05) is 55.7 Å². The molecule has 2 saturated carbocycles. The highest BCUT2D eigenvalue weighted by Crippen LogP contribution is 2.49. The number of piperidine rings is 1. The van der Waals surface area contributed by atoms with E-state index in [1.165, 1.54) is 31.7 Å². The van der Waals surface area contributed by atoms with Gasteiger partial charge in [-0.3, -0.25) is 14.6 Å². The number of fused-ring (bicyclic) bond motifs is 2. The summed E-state index contributed by atoms with van der Waals surface area (Å²) in [7, 11) is 0. The van der Waals surface area contributed by atoms with Crippen LogP contribution in [0.4, 0.5) is 15.8 Å². The summed E-state index contributed by atoms with van der Waals surface area (Å²) in [5.41, 5.74) is 4.13. The lowest BCUT2D eigenvalue weighted by molar-refractivity contribution is -0.125. The van der Waals surface area contributed by atoms with E-state index in [-0.39, 0.29) is 29.3 Å². The molecule has 0 radical (unpaired) electrons. The van der Waals surface area contributed by atoms with E-state index in [9.17, 15) is 9.59 Å². The molecule has 7 rings (SSSR count). The topological polar surface area (TPSA) is 74.3 Å². The van der Waals surface area contributed by atoms with Gasteiger partial charge in [0.05, 0.1) is 23.0 Å². The van der Waals surface area contributed by atoms with Crippen LogP contribution < -0.4 is 10.6 Å². The third kappa shape index (κ3) is 5.44. The Balaban J connectivity index is 1.27. The van der Waals surface area contributed by atoms with E-state index >= 15 is 4.39 Å². The maximum absolute atomic E-state index is 15.3. The number of pyridine rings is 1. The van der Waals surface area contributed by atoms with Gasteiger partial charge in [0.2, 0.25) is 5.91 Å². The first-order chi connectivity index (χ1) is 21.5. The molecule has 2 N–H and O–H groups in total. The number of hydrogen-bond donors (Lipinski definition) is 2. The number of rotatable bonds is 6. The van der Waals surface area contributed by atoms with Crippen molar-refractivity contribution in [2.45, 2.75) is 76.4 Å². The molecular formula is C37H39FN4O2. The van der Waals surface area contributed by atoms with Gasteiger partial charge in [0.1, 0.15) is 5.82 Å². The van der Waals surface area contributed by atoms with E-state index in [1.54, 1.807) is 25.3 Å². The van der Waals surface area contributed by atoms with E-state index < -0.39 is 17.8 Å². The fourth-order valence-electron chi connectivity index (χ4n) is 7.93. The first-order valence-electron chi connectivity index (χ1n) is 16.1. The number of hydrogen-bond acceptors (Lipinski definition) is 4. The second kappa shape index (κ2) is 12.0. The quantitative estimate of drug-likeness (QED) is 0.238. The molecule has 2 amide bonds. The van der Waals surface area contributed by atoms with Crippen molar-refractivity contribution in [3.05, 3.63) is 102 Å². The minimum atomic E-state index is -0.528. The third-order valence-corrected chi connectivity index (χ3v) is 10.1. The number of aromatic nitrogens is 1. The zero-order chi connectivity index (χ0) is 30.2. The highest BCUT2D eigenvalue weighted by Gasteiger charge is 2.50. The van der Waals surface area contributed by atoms with Gasteiger partial charge in [0.25, 0.3) is 5.91 Å². The van der Waals surface area contributed by atoms with E-state index in [2.05, 4.69) is 27.8 Å². The number of nitrogens with zero attached hydrogens (tertiary/aromatic N) is 2. The van der Waals surface area contributed by atoms with Gasteiger partial charge in [-0.25, -0.2) is 4.39 Å². The maximum atomic E-state index is 15.3. The molecule has 0 spiro atoms. The molecule has 0 bridgehead atoms. The van der Waals surface area contributed by atoms with Gasteiger partial charge >= 0.3 is 0 Å². The van der Waals surface area contributed by atoms with E-state index in [1.807, 2.05) is 47.4 Å². The average molecular weight is 591 g/mol. The minimum Gasteiger partial charge on any atom is -0.382 e. The van der Waals surface area contributed by atoms with Crippen molar-refractivity contribution in [3.63, 3.8) is 0 Å². The second-order valence-corrected chi connectivity index (χ2v) is 12.8. The number of likely N-dealkylation sites (tertiary alicyclic amines) is 1. The molecule has 2 heterocycles. The molecular weight excluding hydrogens is 551 g/mol. The van der Waals surface area contributed by atoms with Crippen LogP contribution in [0.15, 0.2) is 79.0 Å². The van der Waals surface area contributed by atoms with Gasteiger partial charge in [-0.2, -0.15) is 0 Å². The van der Waals surface area contributed by atoms with Crippen molar-refractivity contribution in [3.8, 4) is 0 Å². The SMILES string of the molecule is Cc1cccc(F)c1C(=O)N1C(c2ccc(NC3CCCC3)cc2)C(C(=O)Nc2ccc3cccnc3c2)C[C@@H]2CCC[C@@H]21. The minimum absolute atomic E-state index is 0.0447. The first-order valence-corrected chi connectivity index (χ1v) is 16.1. The number of carbonyl (C=O) groups excluding carboxylic acids is 2. The highest BCUT2D eigenvalue weighted by molar-refractivity contribution is 5.99. The Bertz CT molecular complexity index is 1660. The van der Waals surface area contributed by atoms with Crippen LogP contribution in [0.5, 0.6) is 0 Å². The van der Waals surface area contributed by atoms with Crippen LogP contribution in [0.3, 0.4) is 0 Å². The molecule has 1 aromatic heterocycles. The van der Waals surface area contributed by atoms with Crippen molar-refractivity contribution in [2.24, 2.45) is 11.8 Å². The van der Waals surface area contributed by atoms with Crippen molar-refractivity contribution >= 4 is 34.1 Å². The standard InChI is InChI=1S/C37H39FN4O2/c1-23-7-4-12-31(38)34(23)37(44)42-33-13-5-8-26(33)21-30(36(43)41-29-19-14-24-9-6-20-39-32(24)22-29)35(42)25-15-17-28(18-16-25)40-27-10-2-3-11-27/h4,6-7,9,12,14-20,22,26-27,30,33,35,40H,2-3,5,8,10-11,13,21H2,1H3,(H,41,43)/t26-,30?,33-,35?/m0/s1. The molecule has 1 saturated heterocycles. The average Bonchev–Trinajstić information content (AvgIpc) is 3.72. The van der Waals surface area contributed by atoms with Crippen LogP contribution in [0.1, 0.15) is 78.9 Å². The highest BCUT2D eigenvalue weighted by atomic mass is 19.1. The van der Waals surface area contributed by atoms with Crippen LogP contribution in [0.25, 0.3) is 10.9 Å². The molecule has 226 valence electrons. The van der Waals surface area contributed by atoms with Crippen LogP contribution in [0.2, 0.25) is 0 Å². The summed E-state index contributed by atoms with van der Waals surface area (Å²) in [5, 5.41) is 7.81. The Kier molecular flexibility index (Phi) is 7.79. The Morgan fingerprint density at radius 2 is 1.68 bits per heavy atom. The van der Waals surface area contributed by atoms with Gasteiger partial charge in [-0.15, -0.1) is 0 Å². The molecule has 44 heavy (non-hydrogen) atoms. The fraction of sp³-hybridized carbons (Fsp3) is 0.378. The van der Waals surface area contributed by atoms with Gasteiger partial charge in [-0.05, 0) is 92.5 Å². The number of carbonyl (C=O) groups is 2. The number of aryl methyl sites for hydroxylation is 1. The summed E-state index contributed by atoms with van der Waals surface area (Å²) in [4.78, 5) is 35.1. The Hall–Kier alpha value is -4.26. The summed E-state index contributed by atoms with van der Waals surface area (Å²) in [6.07, 6.45) is 10.0. The van der Waals surface area contributed by atoms with Crippen molar-refractivity contribution < 1.29 is 14.0 Å². The molecule has 3 fully saturated rings. The van der Waals surface area contributed by atoms with E-state index in [0.717, 1.165) is 41.4 Å². The molecule has 2 unspecified atom stereocenters. The normalized spacial score (nSPS) is 23.5. The Labute approximate surface area is 258 Å². The second-order valence-electron chi connectivity index (χ2n) is 12.8. The Morgan fingerprint density at radius 1 is 0.886 bits per heavy atom. The number of nitrogens with one attached hydrogen (secondary N) is 2. The van der Waals surface area contributed by atoms with Crippen LogP contribution >= 0.6 is 0 Å². The van der Waals surface area contributed by atoms with Crippen molar-refractivity contribution in [2.75, 3.05) is 10.6 Å². The first kappa shape index (κ1) is 28.5. The summed E-state index contributed by atoms with van der Waals surface area (Å²) in [6, 6.07) is 22.5. The number of amides is 2. The number of halogens is 1. The zero-order valence-electron chi connectivity index (χ0n) is 25.1. The monoisotopic (exact) mass is 590 g/mol. The van der Waals surface area contributed by atoms with Gasteiger partial charge < -0.3 is 15.5 Å². The molecule has 4 aromatic rings. The van der Waals surface area contributed by atoms with Crippen LogP contribution in [-0.2, 0) is 4.79 Å². The van der Waals surface area contributed by atoms with Crippen molar-refractivity contribution in [1.29, 1.82) is 0 Å². The molecule has 7 heteroatoms. The molecule has 3 aromatic carbocycles. The molecule has 2 aliphatic carbocycles.